The molecule has 0 amide bonds. The fourth-order valence-corrected chi connectivity index (χ4v) is 9.62. The second kappa shape index (κ2) is 12.2. The van der Waals surface area contributed by atoms with E-state index in [1.54, 1.807) is 45.9 Å². The van der Waals surface area contributed by atoms with E-state index in [9.17, 15) is 39.0 Å². The molecule has 13 nitrogen and oxygen atoms in total. The molecule has 1 aromatic rings. The normalized spacial score (nSPS) is 39.2. The summed E-state index contributed by atoms with van der Waals surface area (Å²) in [6.07, 6.45) is -6.36. The molecule has 0 unspecified atom stereocenters. The molecule has 0 aromatic heterocycles. The number of hydrogen-bond donors (Lipinski definition) is 2. The lowest BCUT2D eigenvalue weighted by Crippen LogP contribution is -2.70. The first kappa shape index (κ1) is 35.5. The zero-order valence-corrected chi connectivity index (χ0v) is 28.2. The minimum absolute atomic E-state index is 0.164. The molecule has 5 rings (SSSR count). The molecule has 0 spiro atoms. The van der Waals surface area contributed by atoms with E-state index in [4.69, 9.17) is 23.7 Å². The molecule has 4 aliphatic carbocycles. The molecule has 48 heavy (non-hydrogen) atoms. The van der Waals surface area contributed by atoms with Crippen LogP contribution in [0.5, 0.6) is 0 Å². The lowest BCUT2D eigenvalue weighted by atomic mass is 9.53. The summed E-state index contributed by atoms with van der Waals surface area (Å²) in [5, 5.41) is 23.0. The summed E-state index contributed by atoms with van der Waals surface area (Å²) in [4.78, 5) is 79.8. The average Bonchev–Trinajstić information content (AvgIpc) is 3.38. The van der Waals surface area contributed by atoms with Gasteiger partial charge in [-0.3, -0.25) is 19.2 Å². The van der Waals surface area contributed by atoms with Gasteiger partial charge in [-0.05, 0) is 36.8 Å². The summed E-state index contributed by atoms with van der Waals surface area (Å²) in [5.41, 5.74) is -6.71. The van der Waals surface area contributed by atoms with Gasteiger partial charge in [0, 0.05) is 38.5 Å². The number of aliphatic hydroxyl groups excluding tert-OH is 1. The van der Waals surface area contributed by atoms with Crippen LogP contribution < -0.4 is 0 Å². The summed E-state index contributed by atoms with van der Waals surface area (Å²) in [6.45, 7) is 9.09. The van der Waals surface area contributed by atoms with Gasteiger partial charge in [-0.1, -0.05) is 45.9 Å². The smallest absolute Gasteiger partial charge is 0.338 e. The Bertz CT molecular complexity index is 1500. The number of ether oxygens (including phenoxy) is 5. The second-order valence-electron chi connectivity index (χ2n) is 14.8. The Labute approximate surface area is 278 Å². The third-order valence-electron chi connectivity index (χ3n) is 11.1. The van der Waals surface area contributed by atoms with Crippen LogP contribution in [0.25, 0.3) is 0 Å². The molecule has 0 heterocycles. The van der Waals surface area contributed by atoms with Gasteiger partial charge in [0.25, 0.3) is 0 Å². The molecule has 4 aliphatic rings. The number of carbonyl (C=O) groups excluding carboxylic acids is 6. The largest absolute Gasteiger partial charge is 0.459 e. The maximum absolute atomic E-state index is 14.1. The predicted molar refractivity (Wildman–Crippen MR) is 164 cm³/mol. The highest BCUT2D eigenvalue weighted by Crippen LogP contribution is 2.69. The van der Waals surface area contributed by atoms with Crippen molar-refractivity contribution >= 4 is 35.6 Å². The van der Waals surface area contributed by atoms with E-state index in [-0.39, 0.29) is 30.6 Å². The van der Waals surface area contributed by atoms with Gasteiger partial charge < -0.3 is 33.9 Å². The highest BCUT2D eigenvalue weighted by Gasteiger charge is 2.82. The maximum atomic E-state index is 14.1. The Balaban J connectivity index is 1.86. The van der Waals surface area contributed by atoms with Crippen LogP contribution in [0.1, 0.15) is 78.1 Å². The molecule has 4 saturated carbocycles. The summed E-state index contributed by atoms with van der Waals surface area (Å²) < 4.78 is 30.3. The van der Waals surface area contributed by atoms with Crippen molar-refractivity contribution in [1.82, 2.24) is 0 Å². The van der Waals surface area contributed by atoms with E-state index in [1.807, 2.05) is 0 Å². The van der Waals surface area contributed by atoms with Gasteiger partial charge >= 0.3 is 29.8 Å². The fourth-order valence-electron chi connectivity index (χ4n) is 9.62. The fraction of sp³-hybridized carbons (Fsp3) is 0.657. The van der Waals surface area contributed by atoms with Gasteiger partial charge in [0.05, 0.1) is 16.9 Å². The van der Waals surface area contributed by atoms with Crippen LogP contribution in [0.2, 0.25) is 0 Å². The van der Waals surface area contributed by atoms with Gasteiger partial charge in [0.1, 0.15) is 30.2 Å². The van der Waals surface area contributed by atoms with Crippen LogP contribution >= 0.6 is 0 Å². The molecule has 0 aliphatic heterocycles. The van der Waals surface area contributed by atoms with E-state index in [0.717, 1.165) is 20.8 Å². The number of benzene rings is 1. The van der Waals surface area contributed by atoms with Crippen LogP contribution in [-0.2, 0) is 47.7 Å². The van der Waals surface area contributed by atoms with E-state index < -0.39 is 107 Å². The molecule has 2 N–H and O–H groups in total. The van der Waals surface area contributed by atoms with Crippen LogP contribution in [0, 0.1) is 34.5 Å². The number of ketones is 1. The first-order valence-electron chi connectivity index (χ1n) is 16.2. The predicted octanol–water partition coefficient (Wildman–Crippen LogP) is 2.32. The van der Waals surface area contributed by atoms with Crippen LogP contribution in [0.4, 0.5) is 0 Å². The molecule has 13 heteroatoms. The summed E-state index contributed by atoms with van der Waals surface area (Å²) in [6, 6.07) is 8.06. The highest BCUT2D eigenvalue weighted by atomic mass is 16.6. The highest BCUT2D eigenvalue weighted by molar-refractivity contribution is 5.90. The van der Waals surface area contributed by atoms with Crippen molar-refractivity contribution in [1.29, 1.82) is 0 Å². The van der Waals surface area contributed by atoms with Crippen molar-refractivity contribution in [2.75, 3.05) is 6.61 Å². The first-order chi connectivity index (χ1) is 22.3. The number of Topliss-reactive ketones (excluding diaryl/α,β-unsaturated/α-hetero) is 1. The molecule has 11 atom stereocenters. The average molecular weight is 673 g/mol. The van der Waals surface area contributed by atoms with Crippen molar-refractivity contribution in [3.8, 4) is 0 Å². The number of hydrogen-bond acceptors (Lipinski definition) is 13. The molecular weight excluding hydrogens is 628 g/mol. The number of carbonyl (C=O) groups is 6. The third kappa shape index (κ3) is 5.48. The van der Waals surface area contributed by atoms with E-state index >= 15 is 0 Å². The Morgan fingerprint density at radius 3 is 2.00 bits per heavy atom. The maximum Gasteiger partial charge on any atom is 0.338 e. The van der Waals surface area contributed by atoms with Crippen molar-refractivity contribution in [3.05, 3.63) is 35.9 Å². The second-order valence-corrected chi connectivity index (χ2v) is 14.8. The van der Waals surface area contributed by atoms with E-state index in [1.165, 1.54) is 12.1 Å². The number of fused-ring (bicyclic) bond motifs is 5. The zero-order valence-electron chi connectivity index (χ0n) is 28.2. The Hall–Kier alpha value is -3.84. The topological polar surface area (TPSA) is 189 Å². The van der Waals surface area contributed by atoms with E-state index in [0.29, 0.717) is 0 Å². The van der Waals surface area contributed by atoms with E-state index in [2.05, 4.69) is 0 Å². The molecule has 1 aromatic carbocycles. The number of rotatable bonds is 7. The Morgan fingerprint density at radius 2 is 1.44 bits per heavy atom. The van der Waals surface area contributed by atoms with Crippen molar-refractivity contribution in [2.24, 2.45) is 34.5 Å². The Morgan fingerprint density at radius 1 is 0.833 bits per heavy atom. The van der Waals surface area contributed by atoms with Crippen LogP contribution in [-0.4, -0.2) is 88.1 Å². The minimum Gasteiger partial charge on any atom is -0.459 e. The van der Waals surface area contributed by atoms with Crippen LogP contribution in [0.3, 0.4) is 0 Å². The van der Waals surface area contributed by atoms with Crippen molar-refractivity contribution in [2.45, 2.75) is 103 Å². The van der Waals surface area contributed by atoms with Crippen molar-refractivity contribution < 1.29 is 62.7 Å². The quantitative estimate of drug-likeness (QED) is 0.318. The van der Waals surface area contributed by atoms with Gasteiger partial charge in [-0.15, -0.1) is 0 Å². The lowest BCUT2D eigenvalue weighted by Gasteiger charge is -2.58. The summed E-state index contributed by atoms with van der Waals surface area (Å²) in [7, 11) is 0. The van der Waals surface area contributed by atoms with Gasteiger partial charge in [0.15, 0.2) is 17.8 Å². The third-order valence-corrected chi connectivity index (χ3v) is 11.1. The molecule has 0 saturated heterocycles. The minimum atomic E-state index is -2.18. The molecule has 2 bridgehead atoms. The van der Waals surface area contributed by atoms with Gasteiger partial charge in [0.2, 0.25) is 0 Å². The molecule has 4 fully saturated rings. The number of aliphatic hydroxyl groups is 2. The van der Waals surface area contributed by atoms with Gasteiger partial charge in [-0.2, -0.15) is 0 Å². The number of esters is 5. The zero-order chi connectivity index (χ0) is 35.6. The van der Waals surface area contributed by atoms with Crippen LogP contribution in [0.15, 0.2) is 30.3 Å². The standard InChI is InChI=1S/C35H44O13/c1-17-13-34(43)25(26(17)47-29(42)21-11-9-8-10-12-21)28(46-24(40)16-36)35(48-20(4)39)14-22-23(15-32(5,6)27(22)41)33(7,30(34)44-18(2)37)31(35)45-19(3)38/h8-12,17,22-23,25-26,28,30-31,36,43H,13-16H2,1-7H3/t17-,22+,23-,25+,26-,28+,30+,31+,33+,34+,35+/m0/s1. The summed E-state index contributed by atoms with van der Waals surface area (Å²) >= 11 is 0. The summed E-state index contributed by atoms with van der Waals surface area (Å²) in [5.74, 6) is -8.37. The lowest BCUT2D eigenvalue weighted by molar-refractivity contribution is -0.269. The Kier molecular flexibility index (Phi) is 9.05. The first-order valence-corrected chi connectivity index (χ1v) is 16.2. The van der Waals surface area contributed by atoms with Gasteiger partial charge in [-0.25, -0.2) is 9.59 Å². The van der Waals surface area contributed by atoms with Crippen molar-refractivity contribution in [3.63, 3.8) is 0 Å². The molecular formula is C35H44O13. The SMILES string of the molecule is CC(=O)O[C@H]1[C@@]2(O)C[C@H](C)[C@H](OC(=O)c3ccccc3)[C@@H]2[C@@H](OC(=O)CO)[C@]2(OC(C)=O)C[C@H]3C(=O)C(C)(C)C[C@@H]3[C@@]1(C)[C@H]2OC(C)=O. The monoisotopic (exact) mass is 672 g/mol. The molecule has 0 radical (unpaired) electrons. The molecule has 262 valence electrons.